The highest BCUT2D eigenvalue weighted by Gasteiger charge is 2.21. The van der Waals surface area contributed by atoms with E-state index in [1.165, 1.54) is 0 Å². The van der Waals surface area contributed by atoms with Gasteiger partial charge in [-0.1, -0.05) is 0 Å². The van der Waals surface area contributed by atoms with Crippen molar-refractivity contribution in [2.24, 2.45) is 0 Å². The minimum absolute atomic E-state index is 0.180. The Kier molecular flexibility index (Phi) is 1.36. The summed E-state index contributed by atoms with van der Waals surface area (Å²) in [5.74, 6) is 1.21. The predicted octanol–water partition coefficient (Wildman–Crippen LogP) is 1.13. The summed E-state index contributed by atoms with van der Waals surface area (Å²) in [5.41, 5.74) is 1.26. The van der Waals surface area contributed by atoms with Gasteiger partial charge < -0.3 is 14.6 Å². The lowest BCUT2D eigenvalue weighted by Gasteiger charge is -2.04. The minimum atomic E-state index is 0.180. The molecule has 0 radical (unpaired) electrons. The van der Waals surface area contributed by atoms with E-state index in [0.29, 0.717) is 22.9 Å². The van der Waals surface area contributed by atoms with Crippen LogP contribution in [0.25, 0.3) is 0 Å². The Labute approximate surface area is 69.8 Å². The Morgan fingerprint density at radius 2 is 2.08 bits per heavy atom. The van der Waals surface area contributed by atoms with Gasteiger partial charge in [0.05, 0.1) is 5.69 Å². The second-order valence-corrected chi connectivity index (χ2v) is 2.71. The van der Waals surface area contributed by atoms with Crippen molar-refractivity contribution in [3.05, 3.63) is 11.3 Å². The zero-order valence-corrected chi connectivity index (χ0v) is 6.92. The van der Waals surface area contributed by atoms with Crippen molar-refractivity contribution in [2.45, 2.75) is 13.8 Å². The number of pyridine rings is 1. The number of nitrogens with zero attached hydrogens (tertiary/aromatic N) is 1. The van der Waals surface area contributed by atoms with Crippen LogP contribution in [0.3, 0.4) is 0 Å². The van der Waals surface area contributed by atoms with Crippen LogP contribution in [0.5, 0.6) is 17.4 Å². The molecule has 1 aromatic rings. The van der Waals surface area contributed by atoms with Crippen molar-refractivity contribution in [2.75, 3.05) is 6.79 Å². The summed E-state index contributed by atoms with van der Waals surface area (Å²) in [6, 6.07) is 0. The maximum atomic E-state index is 9.47. The number of hydrogen-bond acceptors (Lipinski definition) is 4. The molecule has 1 aliphatic heterocycles. The first-order valence-corrected chi connectivity index (χ1v) is 3.66. The van der Waals surface area contributed by atoms with E-state index >= 15 is 0 Å². The van der Waals surface area contributed by atoms with Crippen LogP contribution >= 0.6 is 0 Å². The molecule has 0 saturated heterocycles. The first-order chi connectivity index (χ1) is 5.70. The molecule has 0 saturated carbocycles. The maximum Gasteiger partial charge on any atom is 0.260 e. The Morgan fingerprint density at radius 3 is 2.83 bits per heavy atom. The van der Waals surface area contributed by atoms with E-state index in [-0.39, 0.29) is 12.5 Å². The average molecular weight is 167 g/mol. The Morgan fingerprint density at radius 1 is 1.33 bits per heavy atom. The van der Waals surface area contributed by atoms with Crippen LogP contribution in [0.4, 0.5) is 0 Å². The smallest absolute Gasteiger partial charge is 0.260 e. The number of fused-ring (bicyclic) bond motifs is 1. The molecule has 64 valence electrons. The Hall–Kier alpha value is -1.45. The summed E-state index contributed by atoms with van der Waals surface area (Å²) >= 11 is 0. The monoisotopic (exact) mass is 167 g/mol. The van der Waals surface area contributed by atoms with Crippen LogP contribution in [0.15, 0.2) is 0 Å². The third kappa shape index (κ3) is 0.809. The summed E-state index contributed by atoms with van der Waals surface area (Å²) in [6.45, 7) is 3.69. The lowest BCUT2D eigenvalue weighted by Crippen LogP contribution is -1.93. The highest BCUT2D eigenvalue weighted by Crippen LogP contribution is 2.38. The van der Waals surface area contributed by atoms with Crippen molar-refractivity contribution < 1.29 is 14.6 Å². The van der Waals surface area contributed by atoms with Crippen molar-refractivity contribution in [3.8, 4) is 17.4 Å². The second-order valence-electron chi connectivity index (χ2n) is 2.71. The van der Waals surface area contributed by atoms with Crippen LogP contribution in [0.2, 0.25) is 0 Å². The van der Waals surface area contributed by atoms with Crippen LogP contribution in [-0.4, -0.2) is 16.9 Å². The molecule has 0 aliphatic carbocycles. The Balaban J connectivity index is 2.67. The van der Waals surface area contributed by atoms with E-state index in [9.17, 15) is 5.11 Å². The summed E-state index contributed by atoms with van der Waals surface area (Å²) < 4.78 is 10.2. The molecule has 1 N–H and O–H groups in total. The largest absolute Gasteiger partial charge is 0.506 e. The standard InChI is InChI=1S/C8H9NO3/c1-4-6(10)5(2)9-8-7(4)11-3-12-8/h10H,3H2,1-2H3. The molecule has 0 aromatic carbocycles. The number of aryl methyl sites for hydroxylation is 1. The molecule has 0 amide bonds. The van der Waals surface area contributed by atoms with Gasteiger partial charge in [-0.05, 0) is 13.8 Å². The van der Waals surface area contributed by atoms with Gasteiger partial charge in [-0.3, -0.25) is 0 Å². The number of hydrogen-bond donors (Lipinski definition) is 1. The van der Waals surface area contributed by atoms with Gasteiger partial charge in [-0.2, -0.15) is 0 Å². The summed E-state index contributed by atoms with van der Waals surface area (Å²) in [4.78, 5) is 4.02. The van der Waals surface area contributed by atoms with Gasteiger partial charge in [-0.25, -0.2) is 4.98 Å². The van der Waals surface area contributed by atoms with E-state index in [0.717, 1.165) is 0 Å². The number of rotatable bonds is 0. The van der Waals surface area contributed by atoms with E-state index in [2.05, 4.69) is 4.98 Å². The van der Waals surface area contributed by atoms with Crippen LogP contribution < -0.4 is 9.47 Å². The fraction of sp³-hybridized carbons (Fsp3) is 0.375. The van der Waals surface area contributed by atoms with E-state index in [4.69, 9.17) is 9.47 Å². The molecule has 0 spiro atoms. The Bertz CT molecular complexity index is 336. The lowest BCUT2D eigenvalue weighted by atomic mass is 10.2. The number of ether oxygens (including phenoxy) is 2. The average Bonchev–Trinajstić information content (AvgIpc) is 2.48. The summed E-state index contributed by atoms with van der Waals surface area (Å²) in [6.07, 6.45) is 0. The second kappa shape index (κ2) is 2.27. The molecular weight excluding hydrogens is 158 g/mol. The molecule has 2 rings (SSSR count). The fourth-order valence-corrected chi connectivity index (χ4v) is 1.21. The topological polar surface area (TPSA) is 51.6 Å². The van der Waals surface area contributed by atoms with Crippen LogP contribution in [0, 0.1) is 13.8 Å². The van der Waals surface area contributed by atoms with Gasteiger partial charge in [0.25, 0.3) is 5.88 Å². The lowest BCUT2D eigenvalue weighted by molar-refractivity contribution is 0.170. The molecule has 0 fully saturated rings. The number of aromatic hydroxyl groups is 1. The molecule has 2 heterocycles. The summed E-state index contributed by atoms with van der Waals surface area (Å²) in [5, 5.41) is 9.47. The minimum Gasteiger partial charge on any atom is -0.506 e. The quantitative estimate of drug-likeness (QED) is 0.629. The molecular formula is C8H9NO3. The number of aromatic nitrogens is 1. The first kappa shape index (κ1) is 7.21. The van der Waals surface area contributed by atoms with Crippen molar-refractivity contribution in [1.29, 1.82) is 0 Å². The molecule has 1 aromatic heterocycles. The normalized spacial score (nSPS) is 13.5. The van der Waals surface area contributed by atoms with E-state index < -0.39 is 0 Å². The van der Waals surface area contributed by atoms with E-state index in [1.54, 1.807) is 13.8 Å². The summed E-state index contributed by atoms with van der Waals surface area (Å²) in [7, 11) is 0. The van der Waals surface area contributed by atoms with Crippen molar-refractivity contribution >= 4 is 0 Å². The van der Waals surface area contributed by atoms with Gasteiger partial charge in [0.2, 0.25) is 6.79 Å². The van der Waals surface area contributed by atoms with Crippen LogP contribution in [-0.2, 0) is 0 Å². The van der Waals surface area contributed by atoms with Crippen molar-refractivity contribution in [3.63, 3.8) is 0 Å². The fourth-order valence-electron chi connectivity index (χ4n) is 1.21. The zero-order chi connectivity index (χ0) is 8.72. The highest BCUT2D eigenvalue weighted by molar-refractivity contribution is 5.51. The SMILES string of the molecule is Cc1nc2c(c(C)c1O)OCO2. The van der Waals surface area contributed by atoms with Gasteiger partial charge in [0, 0.05) is 5.56 Å². The van der Waals surface area contributed by atoms with Gasteiger partial charge in [0.15, 0.2) is 5.75 Å². The third-order valence-corrected chi connectivity index (χ3v) is 1.90. The van der Waals surface area contributed by atoms with Gasteiger partial charge in [0.1, 0.15) is 5.75 Å². The molecule has 4 heteroatoms. The highest BCUT2D eigenvalue weighted by atomic mass is 16.7. The molecule has 4 nitrogen and oxygen atoms in total. The molecule has 0 bridgehead atoms. The molecule has 1 aliphatic rings. The molecule has 12 heavy (non-hydrogen) atoms. The third-order valence-electron chi connectivity index (χ3n) is 1.90. The van der Waals surface area contributed by atoms with Gasteiger partial charge >= 0.3 is 0 Å². The molecule has 0 unspecified atom stereocenters. The first-order valence-electron chi connectivity index (χ1n) is 3.66. The zero-order valence-electron chi connectivity index (χ0n) is 6.92. The van der Waals surface area contributed by atoms with Crippen molar-refractivity contribution in [1.82, 2.24) is 4.98 Å². The van der Waals surface area contributed by atoms with Gasteiger partial charge in [-0.15, -0.1) is 0 Å². The maximum absolute atomic E-state index is 9.47. The molecule has 0 atom stereocenters. The predicted molar refractivity (Wildman–Crippen MR) is 41.5 cm³/mol. The van der Waals surface area contributed by atoms with Crippen LogP contribution in [0.1, 0.15) is 11.3 Å². The van der Waals surface area contributed by atoms with E-state index in [1.807, 2.05) is 0 Å².